The number of amides is 1. The van der Waals surface area contributed by atoms with Gasteiger partial charge in [0.05, 0.1) is 93.5 Å². The number of carbonyl (C=O) groups excluding carboxylic acids is 4. The van der Waals surface area contributed by atoms with Gasteiger partial charge in [-0.25, -0.2) is 79.9 Å². The number of benzene rings is 10. The summed E-state index contributed by atoms with van der Waals surface area (Å²) in [5.41, 5.74) is 20.8. The van der Waals surface area contributed by atoms with E-state index >= 15 is 4.39 Å². The molecule has 746 valence electrons. The molecule has 144 heavy (non-hydrogen) atoms. The second-order valence-electron chi connectivity index (χ2n) is 30.6. The lowest BCUT2D eigenvalue weighted by Crippen LogP contribution is -2.30. The van der Waals surface area contributed by atoms with Crippen molar-refractivity contribution in [1.82, 2.24) is 69.1 Å². The van der Waals surface area contributed by atoms with Gasteiger partial charge in [0.15, 0.2) is 11.6 Å². The van der Waals surface area contributed by atoms with E-state index < -0.39 is 24.9 Å². The zero-order chi connectivity index (χ0) is 105. The van der Waals surface area contributed by atoms with Crippen molar-refractivity contribution < 1.29 is 65.0 Å². The van der Waals surface area contributed by atoms with Gasteiger partial charge in [0.25, 0.3) is 0 Å². The van der Waals surface area contributed by atoms with Crippen LogP contribution in [-0.2, 0) is 45.2 Å². The molecule has 0 unspecified atom stereocenters. The predicted octanol–water partition coefficient (Wildman–Crippen LogP) is 21.6. The molecule has 0 aliphatic carbocycles. The lowest BCUT2D eigenvalue weighted by Gasteiger charge is -2.25. The van der Waals surface area contributed by atoms with Crippen molar-refractivity contribution in [1.29, 1.82) is 0 Å². The van der Waals surface area contributed by atoms with Crippen LogP contribution in [-0.4, -0.2) is 151 Å². The molecule has 7 heterocycles. The van der Waals surface area contributed by atoms with Crippen LogP contribution in [0.3, 0.4) is 0 Å². The zero-order valence-corrected chi connectivity index (χ0v) is 87.5. The summed E-state index contributed by atoms with van der Waals surface area (Å²) in [5, 5.41) is 36.4. The largest absolute Gasteiger partial charge is 0.505 e. The van der Waals surface area contributed by atoms with Gasteiger partial charge >= 0.3 is 19.1 Å². The number of aromatic nitrogens is 13. The van der Waals surface area contributed by atoms with Crippen molar-refractivity contribution >= 4 is 179 Å². The molecule has 17 rings (SSSR count). The molecule has 0 atom stereocenters. The summed E-state index contributed by atoms with van der Waals surface area (Å²) >= 11 is 15.2. The molecule has 0 fully saturated rings. The lowest BCUT2D eigenvalue weighted by molar-refractivity contribution is -0.116. The molecular formula is C102H100BBr5F6N22O8. The molecule has 10 aromatic carbocycles. The number of nitrogens with one attached hydrogen (secondary N) is 4. The first-order chi connectivity index (χ1) is 69.1. The molecule has 0 saturated carbocycles. The van der Waals surface area contributed by atoms with E-state index in [0.717, 1.165) is 33.9 Å². The number of anilines is 5. The van der Waals surface area contributed by atoms with Crippen LogP contribution in [0.15, 0.2) is 306 Å². The van der Waals surface area contributed by atoms with Gasteiger partial charge < -0.3 is 55.3 Å². The fourth-order valence-electron chi connectivity index (χ4n) is 13.1. The molecule has 0 radical (unpaired) electrons. The van der Waals surface area contributed by atoms with Crippen molar-refractivity contribution in [3.05, 3.63) is 382 Å². The molecule has 0 bridgehead atoms. The first kappa shape index (κ1) is 113. The minimum atomic E-state index is -1.71. The van der Waals surface area contributed by atoms with E-state index in [-0.39, 0.29) is 58.4 Å². The maximum atomic E-state index is 15.5. The van der Waals surface area contributed by atoms with Crippen LogP contribution < -0.4 is 37.8 Å². The number of methoxy groups -OCH3 is 2. The van der Waals surface area contributed by atoms with Crippen LogP contribution in [0.25, 0.3) is 50.1 Å². The number of aromatic amines is 2. The van der Waals surface area contributed by atoms with Crippen LogP contribution in [0.1, 0.15) is 94.6 Å². The smallest absolute Gasteiger partial charge is 0.465 e. The van der Waals surface area contributed by atoms with Crippen molar-refractivity contribution in [3.63, 3.8) is 0 Å². The van der Waals surface area contributed by atoms with E-state index in [4.69, 9.17) is 26.0 Å². The fourth-order valence-corrected chi connectivity index (χ4v) is 14.3. The summed E-state index contributed by atoms with van der Waals surface area (Å²) < 4.78 is 96.9. The minimum Gasteiger partial charge on any atom is -0.465 e. The maximum absolute atomic E-state index is 15.5. The summed E-state index contributed by atoms with van der Waals surface area (Å²) in [6, 6.07) is 71.7. The van der Waals surface area contributed by atoms with E-state index in [0.29, 0.717) is 139 Å². The number of halogens is 11. The van der Waals surface area contributed by atoms with Crippen molar-refractivity contribution in [2.75, 3.05) is 54.7 Å². The second-order valence-corrected chi connectivity index (χ2v) is 34.9. The fraction of sp³-hybridized carbons (Fsp3) is 0.157. The van der Waals surface area contributed by atoms with Crippen LogP contribution in [0.5, 0.6) is 0 Å². The molecule has 7 aromatic heterocycles. The van der Waals surface area contributed by atoms with Gasteiger partial charge in [0.1, 0.15) is 77.1 Å². The second kappa shape index (κ2) is 56.8. The first-order valence-electron chi connectivity index (χ1n) is 43.7. The Hall–Kier alpha value is -14.7. The molecule has 0 spiro atoms. The highest BCUT2D eigenvalue weighted by Gasteiger charge is 2.27. The summed E-state index contributed by atoms with van der Waals surface area (Å²) in [4.78, 5) is 82.8. The Kier molecular flexibility index (Phi) is 44.6. The lowest BCUT2D eigenvalue weighted by atomic mass is 9.86. The molecular weight excluding hydrogens is 2190 g/mol. The summed E-state index contributed by atoms with van der Waals surface area (Å²) in [5.74, 6) is 5.12. The number of hydrazone groups is 1. The number of hydrogen-bond acceptors (Lipinski definition) is 23. The average Bonchev–Trinajstić information content (AvgIpc) is 1.61. The highest BCUT2D eigenvalue weighted by molar-refractivity contribution is 9.11. The van der Waals surface area contributed by atoms with E-state index in [9.17, 15) is 51.2 Å². The SMILES string of the molecule is CC.CC(=O)C/C=N/Nc1ccc(Br)c(F)c1.CC(=O)N=CN(C)C.COC(=O)c1cnc(N(Cc2ccccc2)Cc2ccccc2)c2[nH]c(-c3ccc(-n4ncnc4C)cc3F)cc12.COC(=O)c1cnc(N(Cc2ccccc2)Cc2ccccc2)c2[nH]c(B(O)O)cc12.Cc1ncnn1-c1ccc(Br)c(F)c1.Cc1ncnn1-c1ccc(Br)c(F)c1.NNc1ccc(Br)c(F)c1.Nc1ccc(Br)c(F)c1. The minimum absolute atomic E-state index is 0.0301. The number of nitrogens with two attached hydrogens (primary N) is 2. The van der Waals surface area contributed by atoms with E-state index in [2.05, 4.69) is 180 Å². The highest BCUT2D eigenvalue weighted by atomic mass is 79.9. The van der Waals surface area contributed by atoms with Crippen LogP contribution in [0.2, 0.25) is 0 Å². The molecule has 30 nitrogen and oxygen atoms in total. The topological polar surface area (TPSA) is 387 Å². The molecule has 0 aliphatic rings. The number of pyridine rings is 2. The Balaban J connectivity index is 0.000000197. The van der Waals surface area contributed by atoms with Crippen LogP contribution in [0.4, 0.5) is 55.0 Å². The van der Waals surface area contributed by atoms with Gasteiger partial charge in [0, 0.05) is 130 Å². The average molecular weight is 2290 g/mol. The van der Waals surface area contributed by atoms with Crippen molar-refractivity contribution in [2.45, 2.75) is 81.1 Å². The Morgan fingerprint density at radius 3 is 1.17 bits per heavy atom. The maximum Gasteiger partial charge on any atom is 0.505 e. The van der Waals surface area contributed by atoms with Gasteiger partial charge in [-0.15, -0.1) is 0 Å². The Morgan fingerprint density at radius 2 is 0.833 bits per heavy atom. The molecule has 10 N–H and O–H groups in total. The van der Waals surface area contributed by atoms with E-state index in [1.807, 2.05) is 139 Å². The number of aliphatic imine (C=N–C) groups is 1. The number of nitrogen functional groups attached to an aromatic ring is 2. The number of rotatable bonds is 23. The van der Waals surface area contributed by atoms with Gasteiger partial charge in [-0.05, 0) is 227 Å². The number of nitrogens with zero attached hydrogens (tertiary/aromatic N) is 16. The number of ketones is 1. The Bertz CT molecular complexity index is 6990. The monoisotopic (exact) mass is 2280 g/mol. The number of ether oxygens (including phenoxy) is 2. The number of hydrogen-bond donors (Lipinski definition) is 8. The molecule has 42 heteroatoms. The van der Waals surface area contributed by atoms with Gasteiger partial charge in [0.2, 0.25) is 5.91 Å². The van der Waals surface area contributed by atoms with Crippen molar-refractivity contribution in [2.24, 2.45) is 15.9 Å². The van der Waals surface area contributed by atoms with Crippen molar-refractivity contribution in [3.8, 4) is 28.3 Å². The quantitative estimate of drug-likeness (QED) is 0.00431. The van der Waals surface area contributed by atoms with Gasteiger partial charge in [-0.1, -0.05) is 135 Å². The number of fused-ring (bicyclic) bond motifs is 2. The third kappa shape index (κ3) is 33.8. The van der Waals surface area contributed by atoms with E-state index in [1.165, 1.54) is 108 Å². The molecule has 17 aromatic rings. The molecule has 1 amide bonds. The van der Waals surface area contributed by atoms with Gasteiger partial charge in [-0.2, -0.15) is 20.4 Å². The summed E-state index contributed by atoms with van der Waals surface area (Å²) in [6.45, 7) is 14.6. The standard InChI is InChI=1S/C32H27FN6O2.C23H22BN3O4.C10H10BrFN2O.2C9H7BrFN3.C6H6BrFN2.C6H5BrFN.C5H10N2O.C2H6/c1-21-35-20-36-39(21)24-13-14-25(28(33)15-24)29-16-26-27(32(40)41-2)17-34-31(30(26)37-29)38(18-22-9-5-3-6-10-22)19-23-11-7-4-8-12-23;1-31-23(28)19-13-25-22(21-18(19)12-20(26-21)24(29)30)27(14-16-8-4-2-5-9-16)15-17-10-6-3-7-11-17;1-7(15)4-5-13-14-8-2-3-9(11)10(12)6-8;2*1-6-12-5-13-14(6)7-2-3-8(10)9(11)4-7;7-5-2-1-4(10-9)3-6(5)8;7-5-2-1-4(9)3-6(5)8;1-5(8)6-4-7(2)3;1-2/h3-17,20,37H,18-19H2,1-2H3;2-13,26,29-30H,14-15H2,1H3;2-3,5-6,14H,4H2,1H3;2*2-5H,1H3;1-3,10H,9H2;1-3H,9H2;4H,1-3H3;1-2H3/b;;13-5+;;;;;;. The number of H-pyrrole nitrogens is 2. The number of hydrazine groups is 1. The Morgan fingerprint density at radius 1 is 0.472 bits per heavy atom. The normalized spacial score (nSPS) is 10.5. The third-order valence-corrected chi connectivity index (χ3v) is 23.1. The van der Waals surface area contributed by atoms with E-state index in [1.54, 1.807) is 111 Å². The first-order valence-corrected chi connectivity index (χ1v) is 47.7. The third-order valence-electron chi connectivity index (χ3n) is 19.9. The summed E-state index contributed by atoms with van der Waals surface area (Å²) in [6.07, 6.45) is 10.5. The Labute approximate surface area is 868 Å². The number of aryl methyl sites for hydroxylation is 3. The van der Waals surface area contributed by atoms with Crippen LogP contribution >= 0.6 is 79.6 Å². The highest BCUT2D eigenvalue weighted by Crippen LogP contribution is 2.37. The number of Topliss-reactive ketones (excluding diaryl/α,β-unsaturated/α-hetero) is 1. The number of carbonyl (C=O) groups is 4. The summed E-state index contributed by atoms with van der Waals surface area (Å²) in [7, 11) is 4.55. The zero-order valence-electron chi connectivity index (χ0n) is 79.6. The predicted molar refractivity (Wildman–Crippen MR) is 569 cm³/mol. The molecule has 0 saturated heterocycles. The van der Waals surface area contributed by atoms with Crippen LogP contribution in [0, 0.1) is 55.7 Å². The van der Waals surface area contributed by atoms with Gasteiger partial charge in [-0.3, -0.25) is 20.9 Å². The molecule has 0 aliphatic heterocycles. The number of esters is 2.